The number of ether oxygens (including phenoxy) is 1. The number of anilines is 2. The van der Waals surface area contributed by atoms with Gasteiger partial charge in [-0.05, 0) is 63.9 Å². The minimum absolute atomic E-state index is 0.0232. The first-order valence-corrected chi connectivity index (χ1v) is 13.2. The Bertz CT molecular complexity index is 1090. The second-order valence-electron chi connectivity index (χ2n) is 10.3. The number of nitrogens with two attached hydrogens (primary N) is 1. The van der Waals surface area contributed by atoms with Gasteiger partial charge in [0.2, 0.25) is 0 Å². The topological polar surface area (TPSA) is 140 Å². The van der Waals surface area contributed by atoms with Gasteiger partial charge in [0.25, 0.3) is 0 Å². The van der Waals surface area contributed by atoms with Crippen LogP contribution in [-0.4, -0.2) is 61.1 Å². The fourth-order valence-corrected chi connectivity index (χ4v) is 4.22. The number of hydrogen-bond acceptors (Lipinski definition) is 9. The smallest absolute Gasteiger partial charge is 0.151 e. The van der Waals surface area contributed by atoms with E-state index in [1.54, 1.807) is 6.07 Å². The van der Waals surface area contributed by atoms with E-state index in [0.29, 0.717) is 47.2 Å². The lowest BCUT2D eigenvalue weighted by Gasteiger charge is -2.36. The number of amidine groups is 1. The molecule has 0 aromatic heterocycles. The average Bonchev–Trinajstić information content (AvgIpc) is 2.85. The van der Waals surface area contributed by atoms with E-state index in [1.807, 2.05) is 52.0 Å². The molecule has 10 nitrogen and oxygen atoms in total. The molecule has 0 bridgehead atoms. The zero-order chi connectivity index (χ0) is 27.8. The Labute approximate surface area is 226 Å². The molecule has 2 atom stereocenters. The van der Waals surface area contributed by atoms with E-state index in [-0.39, 0.29) is 29.9 Å². The summed E-state index contributed by atoms with van der Waals surface area (Å²) in [6, 6.07) is 11.4. The second kappa shape index (κ2) is 13.6. The van der Waals surface area contributed by atoms with Gasteiger partial charge in [-0.3, -0.25) is 0 Å². The molecule has 208 valence electrons. The summed E-state index contributed by atoms with van der Waals surface area (Å²) in [4.78, 5) is 12.5. The van der Waals surface area contributed by atoms with Crippen LogP contribution in [0, 0.1) is 11.3 Å². The van der Waals surface area contributed by atoms with Gasteiger partial charge in [-0.25, -0.2) is 15.9 Å². The van der Waals surface area contributed by atoms with Gasteiger partial charge in [0.15, 0.2) is 5.84 Å². The lowest BCUT2D eigenvalue weighted by atomic mass is 9.96. The Morgan fingerprint density at radius 1 is 1.13 bits per heavy atom. The Morgan fingerprint density at radius 3 is 2.39 bits per heavy atom. The molecule has 10 heteroatoms. The number of aliphatic imine (C=N–C) groups is 1. The molecule has 0 spiro atoms. The van der Waals surface area contributed by atoms with Gasteiger partial charge in [-0.15, -0.1) is 0 Å². The van der Waals surface area contributed by atoms with E-state index in [1.165, 1.54) is 6.07 Å². The second-order valence-corrected chi connectivity index (χ2v) is 10.3. The molecule has 1 heterocycles. The fraction of sp³-hybridized carbons (Fsp3) is 0.500. The molecule has 0 saturated carbocycles. The van der Waals surface area contributed by atoms with Crippen molar-refractivity contribution in [3.8, 4) is 5.75 Å². The maximum atomic E-state index is 10.8. The van der Waals surface area contributed by atoms with Crippen LogP contribution in [0.4, 0.5) is 17.1 Å². The zero-order valence-electron chi connectivity index (χ0n) is 23.3. The number of benzene rings is 2. The molecule has 2 unspecified atom stereocenters. The summed E-state index contributed by atoms with van der Waals surface area (Å²) in [6.45, 7) is 14.6. The van der Waals surface area contributed by atoms with Crippen LogP contribution >= 0.6 is 0 Å². The number of phenols is 1. The maximum Gasteiger partial charge on any atom is 0.151 e. The van der Waals surface area contributed by atoms with E-state index in [0.717, 1.165) is 18.8 Å². The summed E-state index contributed by atoms with van der Waals surface area (Å²) < 4.78 is 5.86. The van der Waals surface area contributed by atoms with Crippen LogP contribution in [0.5, 0.6) is 5.75 Å². The highest BCUT2D eigenvalue weighted by atomic mass is 16.6. The molecule has 7 N–H and O–H groups in total. The number of hydrogen-bond donors (Lipinski definition) is 6. The highest BCUT2D eigenvalue weighted by Crippen LogP contribution is 2.28. The largest absolute Gasteiger partial charge is 0.507 e. The first kappa shape index (κ1) is 29.4. The maximum absolute atomic E-state index is 10.8. The van der Waals surface area contributed by atoms with Crippen molar-refractivity contribution in [2.24, 2.45) is 10.9 Å². The summed E-state index contributed by atoms with van der Waals surface area (Å²) in [5.74, 6) is 0.352. The molecule has 2 aromatic carbocycles. The Hall–Kier alpha value is -3.18. The number of nitrogen functional groups attached to an aromatic ring is 1. The summed E-state index contributed by atoms with van der Waals surface area (Å²) in [7, 11) is 0. The van der Waals surface area contributed by atoms with Crippen LogP contribution in [0.2, 0.25) is 0 Å². The third-order valence-electron chi connectivity index (χ3n) is 6.02. The molecule has 3 rings (SSSR count). The van der Waals surface area contributed by atoms with Crippen molar-refractivity contribution in [1.82, 2.24) is 16.3 Å². The average molecular weight is 526 g/mol. The highest BCUT2D eigenvalue weighted by Gasteiger charge is 2.22. The molecule has 1 aliphatic rings. The molecule has 2 aromatic rings. The van der Waals surface area contributed by atoms with Crippen LogP contribution in [-0.2, 0) is 9.57 Å². The van der Waals surface area contributed by atoms with Gasteiger partial charge >= 0.3 is 0 Å². The van der Waals surface area contributed by atoms with Crippen LogP contribution in [0.3, 0.4) is 0 Å². The summed E-state index contributed by atoms with van der Waals surface area (Å²) >= 11 is 0. The number of phenolic OH excluding ortho intramolecular Hbond substituents is 1. The molecule has 1 aliphatic heterocycles. The first-order valence-electron chi connectivity index (χ1n) is 13.2. The molecule has 1 fully saturated rings. The molecule has 0 amide bonds. The number of hydrazine groups is 1. The van der Waals surface area contributed by atoms with E-state index >= 15 is 0 Å². The third kappa shape index (κ3) is 8.16. The quantitative estimate of drug-likeness (QED) is 0.0858. The number of morpholine rings is 1. The third-order valence-corrected chi connectivity index (χ3v) is 6.02. The number of nitrogens with zero attached hydrogens (tertiary/aromatic N) is 2. The predicted molar refractivity (Wildman–Crippen MR) is 154 cm³/mol. The van der Waals surface area contributed by atoms with Gasteiger partial charge in [-0.2, -0.15) is 0 Å². The van der Waals surface area contributed by atoms with Crippen molar-refractivity contribution in [3.63, 3.8) is 0 Å². The fourth-order valence-electron chi connectivity index (χ4n) is 4.22. The van der Waals surface area contributed by atoms with Gasteiger partial charge in [-0.1, -0.05) is 13.8 Å². The van der Waals surface area contributed by atoms with Crippen LogP contribution in [0.25, 0.3) is 0 Å². The summed E-state index contributed by atoms with van der Waals surface area (Å²) in [6.07, 6.45) is 0.343. The molecule has 0 radical (unpaired) electrons. The minimum Gasteiger partial charge on any atom is -0.507 e. The molecule has 1 saturated heterocycles. The van der Waals surface area contributed by atoms with Crippen LogP contribution < -0.4 is 27.0 Å². The van der Waals surface area contributed by atoms with E-state index in [9.17, 15) is 5.11 Å². The molecular weight excluding hydrogens is 482 g/mol. The summed E-state index contributed by atoms with van der Waals surface area (Å²) in [5.41, 5.74) is 18.8. The summed E-state index contributed by atoms with van der Waals surface area (Å²) in [5, 5.41) is 19.3. The first-order chi connectivity index (χ1) is 18.0. The van der Waals surface area contributed by atoms with Crippen molar-refractivity contribution in [3.05, 3.63) is 47.5 Å². The van der Waals surface area contributed by atoms with E-state index in [4.69, 9.17) is 25.7 Å². The van der Waals surface area contributed by atoms with Gasteiger partial charge in [0.05, 0.1) is 30.1 Å². The monoisotopic (exact) mass is 525 g/mol. The SMILES string of the molecule is CC(C)NOCCNNC(=Nc1ccc(N2CC(C)OC(C)C2)cc1)c1cc(C(=N)C(C)C)c(N)cc1O. The van der Waals surface area contributed by atoms with Crippen molar-refractivity contribution < 1.29 is 14.7 Å². The minimum atomic E-state index is -0.0264. The van der Waals surface area contributed by atoms with Crippen molar-refractivity contribution in [2.75, 3.05) is 36.9 Å². The van der Waals surface area contributed by atoms with Gasteiger partial charge in [0, 0.05) is 54.4 Å². The number of rotatable bonds is 11. The highest BCUT2D eigenvalue weighted by molar-refractivity contribution is 6.09. The van der Waals surface area contributed by atoms with E-state index < -0.39 is 0 Å². The lowest BCUT2D eigenvalue weighted by Crippen LogP contribution is -2.45. The molecule has 0 aliphatic carbocycles. The Kier molecular flexibility index (Phi) is 10.5. The predicted octanol–water partition coefficient (Wildman–Crippen LogP) is 3.71. The number of aromatic hydroxyl groups is 1. The Morgan fingerprint density at radius 2 is 1.79 bits per heavy atom. The number of hydroxylamine groups is 1. The van der Waals surface area contributed by atoms with E-state index in [2.05, 4.69) is 35.1 Å². The van der Waals surface area contributed by atoms with Crippen LogP contribution in [0.15, 0.2) is 41.4 Å². The molecule has 38 heavy (non-hydrogen) atoms. The van der Waals surface area contributed by atoms with Crippen molar-refractivity contribution >= 4 is 28.6 Å². The van der Waals surface area contributed by atoms with Crippen molar-refractivity contribution in [1.29, 1.82) is 5.41 Å². The molecular formula is C28H43N7O3. The van der Waals surface area contributed by atoms with Crippen LogP contribution in [0.1, 0.15) is 52.7 Å². The zero-order valence-corrected chi connectivity index (χ0v) is 23.3. The van der Waals surface area contributed by atoms with Gasteiger partial charge in [0.1, 0.15) is 5.75 Å². The van der Waals surface area contributed by atoms with Gasteiger partial charge < -0.3 is 36.1 Å². The lowest BCUT2D eigenvalue weighted by molar-refractivity contribution is -0.00521. The standard InChI is InChI=1S/C28H43N7O3/c1-17(2)27(30)23-13-24(26(36)14-25(23)29)28(33-31-11-12-37-34-18(3)4)32-21-7-9-22(10-8-21)35-15-19(5)38-20(6)16-35/h7-10,13-14,17-20,30-31,34,36H,11-12,15-16,29H2,1-6H3,(H,32,33). The normalized spacial score (nSPS) is 18.3. The Balaban J connectivity index is 1.87. The number of nitrogens with one attached hydrogen (secondary N) is 4. The van der Waals surface area contributed by atoms with Crippen molar-refractivity contribution in [2.45, 2.75) is 59.8 Å².